The van der Waals surface area contributed by atoms with E-state index in [9.17, 15) is 13.6 Å². The summed E-state index contributed by atoms with van der Waals surface area (Å²) in [6.07, 6.45) is 2.23. The van der Waals surface area contributed by atoms with Crippen LogP contribution in [0.3, 0.4) is 0 Å². The molecule has 1 aliphatic rings. The van der Waals surface area contributed by atoms with Gasteiger partial charge < -0.3 is 14.4 Å². The van der Waals surface area contributed by atoms with Gasteiger partial charge >= 0.3 is 0 Å². The number of rotatable bonds is 9. The van der Waals surface area contributed by atoms with Crippen LogP contribution >= 0.6 is 0 Å². The summed E-state index contributed by atoms with van der Waals surface area (Å²) in [6.45, 7) is 3.85. The molecule has 162 valence electrons. The van der Waals surface area contributed by atoms with Crippen molar-refractivity contribution in [3.63, 3.8) is 0 Å². The number of hydrogen-bond acceptors (Lipinski definition) is 4. The van der Waals surface area contributed by atoms with Crippen molar-refractivity contribution in [1.82, 2.24) is 9.80 Å². The zero-order chi connectivity index (χ0) is 21.3. The van der Waals surface area contributed by atoms with E-state index < -0.39 is 11.6 Å². The zero-order valence-electron chi connectivity index (χ0n) is 17.3. The number of nitrogens with zero attached hydrogens (tertiary/aromatic N) is 2. The van der Waals surface area contributed by atoms with Crippen molar-refractivity contribution >= 4 is 5.91 Å². The first-order valence-corrected chi connectivity index (χ1v) is 10.3. The molecule has 1 heterocycles. The van der Waals surface area contributed by atoms with Gasteiger partial charge in [-0.15, -0.1) is 0 Å². The number of hydrogen-bond donors (Lipinski definition) is 0. The topological polar surface area (TPSA) is 42.0 Å². The Balaban J connectivity index is 1.31. The molecule has 0 saturated carbocycles. The number of carbonyl (C=O) groups excluding carboxylic acids is 1. The summed E-state index contributed by atoms with van der Waals surface area (Å²) >= 11 is 0. The largest absolute Gasteiger partial charge is 0.497 e. The summed E-state index contributed by atoms with van der Waals surface area (Å²) < 4.78 is 37.0. The first-order valence-electron chi connectivity index (χ1n) is 10.3. The van der Waals surface area contributed by atoms with Crippen molar-refractivity contribution in [2.45, 2.75) is 19.3 Å². The van der Waals surface area contributed by atoms with Gasteiger partial charge in [0.25, 0.3) is 0 Å². The van der Waals surface area contributed by atoms with Crippen LogP contribution in [0.5, 0.6) is 11.5 Å². The van der Waals surface area contributed by atoms with E-state index >= 15 is 0 Å². The Morgan fingerprint density at radius 2 is 1.77 bits per heavy atom. The predicted molar refractivity (Wildman–Crippen MR) is 111 cm³/mol. The lowest BCUT2D eigenvalue weighted by molar-refractivity contribution is -0.133. The molecule has 1 amide bonds. The summed E-state index contributed by atoms with van der Waals surface area (Å²) in [4.78, 5) is 16.5. The number of amides is 1. The molecule has 5 nitrogen and oxygen atoms in total. The van der Waals surface area contributed by atoms with Crippen molar-refractivity contribution in [2.75, 3.05) is 46.4 Å². The molecule has 2 aromatic rings. The average Bonchev–Trinajstić information content (AvgIpc) is 2.76. The SMILES string of the molecule is COc1ccc(CCCC(=O)N2CCN(CCOc3ccc(F)cc3F)CC2)cc1. The van der Waals surface area contributed by atoms with E-state index in [1.165, 1.54) is 17.7 Å². The van der Waals surface area contributed by atoms with Gasteiger partial charge in [-0.1, -0.05) is 12.1 Å². The Bertz CT molecular complexity index is 822. The van der Waals surface area contributed by atoms with Gasteiger partial charge in [0.1, 0.15) is 18.2 Å². The molecule has 1 aliphatic heterocycles. The molecular formula is C23H28F2N2O3. The molecule has 0 atom stereocenters. The van der Waals surface area contributed by atoms with Crippen LogP contribution in [0.4, 0.5) is 8.78 Å². The van der Waals surface area contributed by atoms with Gasteiger partial charge in [0, 0.05) is 45.2 Å². The summed E-state index contributed by atoms with van der Waals surface area (Å²) in [6, 6.07) is 11.2. The van der Waals surface area contributed by atoms with E-state index in [1.807, 2.05) is 29.2 Å². The molecule has 0 radical (unpaired) electrons. The van der Waals surface area contributed by atoms with Gasteiger partial charge in [-0.3, -0.25) is 9.69 Å². The maximum Gasteiger partial charge on any atom is 0.222 e. The van der Waals surface area contributed by atoms with E-state index in [0.717, 1.165) is 37.7 Å². The van der Waals surface area contributed by atoms with E-state index in [1.54, 1.807) is 7.11 Å². The Hall–Kier alpha value is -2.67. The lowest BCUT2D eigenvalue weighted by atomic mass is 10.1. The molecule has 0 aromatic heterocycles. The van der Waals surface area contributed by atoms with Gasteiger partial charge in [0.15, 0.2) is 11.6 Å². The normalized spacial score (nSPS) is 14.6. The van der Waals surface area contributed by atoms with Gasteiger partial charge in [0.2, 0.25) is 5.91 Å². The minimum Gasteiger partial charge on any atom is -0.497 e. The first kappa shape index (κ1) is 22.0. The fourth-order valence-electron chi connectivity index (χ4n) is 3.49. The molecule has 0 spiro atoms. The van der Waals surface area contributed by atoms with Gasteiger partial charge in [-0.2, -0.15) is 0 Å². The summed E-state index contributed by atoms with van der Waals surface area (Å²) in [5.41, 5.74) is 1.20. The van der Waals surface area contributed by atoms with Crippen molar-refractivity contribution in [2.24, 2.45) is 0 Å². The van der Waals surface area contributed by atoms with Crippen LogP contribution < -0.4 is 9.47 Å². The number of aryl methyl sites for hydroxylation is 1. The second kappa shape index (κ2) is 10.9. The average molecular weight is 418 g/mol. The highest BCUT2D eigenvalue weighted by Gasteiger charge is 2.20. The Kier molecular flexibility index (Phi) is 8.02. The molecule has 0 unspecified atom stereocenters. The van der Waals surface area contributed by atoms with Crippen molar-refractivity contribution in [3.05, 3.63) is 59.7 Å². The highest BCUT2D eigenvalue weighted by Crippen LogP contribution is 2.18. The minimum atomic E-state index is -0.694. The second-order valence-corrected chi connectivity index (χ2v) is 7.35. The van der Waals surface area contributed by atoms with E-state index in [4.69, 9.17) is 9.47 Å². The monoisotopic (exact) mass is 418 g/mol. The maximum atomic E-state index is 13.6. The van der Waals surface area contributed by atoms with Crippen LogP contribution in [-0.4, -0.2) is 62.1 Å². The minimum absolute atomic E-state index is 0.0575. The van der Waals surface area contributed by atoms with E-state index in [2.05, 4.69) is 4.90 Å². The molecular weight excluding hydrogens is 390 g/mol. The Labute approximate surface area is 176 Å². The van der Waals surface area contributed by atoms with Crippen LogP contribution in [0.1, 0.15) is 18.4 Å². The Morgan fingerprint density at radius 1 is 1.03 bits per heavy atom. The van der Waals surface area contributed by atoms with Gasteiger partial charge in [-0.25, -0.2) is 8.78 Å². The number of methoxy groups -OCH3 is 1. The maximum absolute atomic E-state index is 13.6. The third kappa shape index (κ3) is 6.42. The fraction of sp³-hybridized carbons (Fsp3) is 0.435. The zero-order valence-corrected chi connectivity index (χ0v) is 17.3. The molecule has 0 N–H and O–H groups in total. The van der Waals surface area contributed by atoms with Crippen LogP contribution in [-0.2, 0) is 11.2 Å². The summed E-state index contributed by atoms with van der Waals surface area (Å²) in [5.74, 6) is -0.236. The molecule has 3 rings (SSSR count). The quantitative estimate of drug-likeness (QED) is 0.625. The Morgan fingerprint density at radius 3 is 2.43 bits per heavy atom. The van der Waals surface area contributed by atoms with Gasteiger partial charge in [-0.05, 0) is 42.7 Å². The van der Waals surface area contributed by atoms with E-state index in [0.29, 0.717) is 32.7 Å². The third-order valence-electron chi connectivity index (χ3n) is 5.30. The number of halogens is 2. The smallest absolute Gasteiger partial charge is 0.222 e. The summed E-state index contributed by atoms with van der Waals surface area (Å²) in [7, 11) is 1.64. The highest BCUT2D eigenvalue weighted by molar-refractivity contribution is 5.76. The van der Waals surface area contributed by atoms with Crippen molar-refractivity contribution < 1.29 is 23.0 Å². The van der Waals surface area contributed by atoms with Crippen LogP contribution in [0.15, 0.2) is 42.5 Å². The summed E-state index contributed by atoms with van der Waals surface area (Å²) in [5, 5.41) is 0. The van der Waals surface area contributed by atoms with Crippen LogP contribution in [0.25, 0.3) is 0 Å². The molecule has 2 aromatic carbocycles. The third-order valence-corrected chi connectivity index (χ3v) is 5.30. The number of carbonyl (C=O) groups is 1. The molecule has 7 heteroatoms. The number of benzene rings is 2. The molecule has 30 heavy (non-hydrogen) atoms. The lowest BCUT2D eigenvalue weighted by Gasteiger charge is -2.34. The molecule has 1 fully saturated rings. The molecule has 0 aliphatic carbocycles. The fourth-order valence-corrected chi connectivity index (χ4v) is 3.49. The number of piperazine rings is 1. The van der Waals surface area contributed by atoms with Gasteiger partial charge in [0.05, 0.1) is 7.11 Å². The second-order valence-electron chi connectivity index (χ2n) is 7.35. The first-order chi connectivity index (χ1) is 14.5. The predicted octanol–water partition coefficient (Wildman–Crippen LogP) is 3.52. The van der Waals surface area contributed by atoms with Crippen LogP contribution in [0, 0.1) is 11.6 Å². The molecule has 0 bridgehead atoms. The van der Waals surface area contributed by atoms with E-state index in [-0.39, 0.29) is 11.7 Å². The lowest BCUT2D eigenvalue weighted by Crippen LogP contribution is -2.49. The van der Waals surface area contributed by atoms with Crippen LogP contribution in [0.2, 0.25) is 0 Å². The standard InChI is InChI=1S/C23H28F2N2O3/c1-29-20-8-5-18(6-9-20)3-2-4-23(28)27-13-11-26(12-14-27)15-16-30-22-10-7-19(24)17-21(22)25/h5-10,17H,2-4,11-16H2,1H3. The van der Waals surface area contributed by atoms with Crippen molar-refractivity contribution in [3.8, 4) is 11.5 Å². The highest BCUT2D eigenvalue weighted by atomic mass is 19.1. The number of ether oxygens (including phenoxy) is 2. The molecule has 1 saturated heterocycles. The van der Waals surface area contributed by atoms with Crippen molar-refractivity contribution in [1.29, 1.82) is 0 Å².